The van der Waals surface area contributed by atoms with Crippen LogP contribution in [0.2, 0.25) is 10.0 Å². The van der Waals surface area contributed by atoms with Crippen molar-refractivity contribution < 1.29 is 14.3 Å². The van der Waals surface area contributed by atoms with Gasteiger partial charge in [-0.1, -0.05) is 53.5 Å². The van der Waals surface area contributed by atoms with Gasteiger partial charge in [-0.25, -0.2) is 9.78 Å². The first-order chi connectivity index (χ1) is 18.4. The first-order valence-electron chi connectivity index (χ1n) is 11.8. The van der Waals surface area contributed by atoms with Crippen LogP contribution >= 0.6 is 23.2 Å². The van der Waals surface area contributed by atoms with Crippen molar-refractivity contribution in [2.45, 2.75) is 19.6 Å². The average Bonchev–Trinajstić information content (AvgIpc) is 3.25. The average molecular weight is 552 g/mol. The molecule has 0 saturated heterocycles. The fourth-order valence-electron chi connectivity index (χ4n) is 4.40. The molecule has 0 bridgehead atoms. The molecule has 2 amide bonds. The van der Waals surface area contributed by atoms with E-state index in [-0.39, 0.29) is 42.8 Å². The van der Waals surface area contributed by atoms with Gasteiger partial charge in [0.25, 0.3) is 11.8 Å². The molecular formula is C27H23Cl2N5O4. The minimum atomic E-state index is -0.445. The van der Waals surface area contributed by atoms with Crippen LogP contribution in [-0.4, -0.2) is 44.5 Å². The van der Waals surface area contributed by atoms with E-state index in [1.165, 1.54) is 28.5 Å². The molecule has 0 radical (unpaired) electrons. The molecule has 0 fully saturated rings. The van der Waals surface area contributed by atoms with Crippen LogP contribution in [0.15, 0.2) is 71.7 Å². The van der Waals surface area contributed by atoms with Crippen molar-refractivity contribution in [3.8, 4) is 11.6 Å². The van der Waals surface area contributed by atoms with Crippen molar-refractivity contribution in [3.05, 3.63) is 110 Å². The molecule has 0 aliphatic carbocycles. The molecule has 5 rings (SSSR count). The highest BCUT2D eigenvalue weighted by Gasteiger charge is 2.32. The van der Waals surface area contributed by atoms with Crippen molar-refractivity contribution in [3.63, 3.8) is 0 Å². The van der Waals surface area contributed by atoms with Gasteiger partial charge in [-0.3, -0.25) is 18.7 Å². The Labute approximate surface area is 228 Å². The summed E-state index contributed by atoms with van der Waals surface area (Å²) >= 11 is 12.1. The number of aromatic nitrogens is 3. The van der Waals surface area contributed by atoms with Gasteiger partial charge in [-0.05, 0) is 29.8 Å². The standard InChI is InChI=1S/C27H23Cl2N5O4/c1-38-23-10-8-19(15-30-23)34-24(25(35)31-14-17-5-3-2-4-6-17)22-16-32(11-12-33(22)27(34)37)26(36)18-7-9-20(28)21(29)13-18/h2-10,13,15H,11-12,14,16H2,1H3,(H,31,35). The van der Waals surface area contributed by atoms with Gasteiger partial charge in [-0.15, -0.1) is 0 Å². The van der Waals surface area contributed by atoms with E-state index in [4.69, 9.17) is 27.9 Å². The number of benzene rings is 2. The highest BCUT2D eigenvalue weighted by Crippen LogP contribution is 2.25. The highest BCUT2D eigenvalue weighted by atomic mass is 35.5. The summed E-state index contributed by atoms with van der Waals surface area (Å²) in [7, 11) is 1.49. The Balaban J connectivity index is 1.53. The Bertz CT molecular complexity index is 1570. The van der Waals surface area contributed by atoms with E-state index in [1.807, 2.05) is 30.3 Å². The SMILES string of the molecule is COc1ccc(-n2c(C(=O)NCc3ccccc3)c3n(c2=O)CCN(C(=O)c2ccc(Cl)c(Cl)c2)C3)cn1. The number of halogens is 2. The molecule has 3 heterocycles. The van der Waals surface area contributed by atoms with Gasteiger partial charge in [0.15, 0.2) is 0 Å². The van der Waals surface area contributed by atoms with Crippen molar-refractivity contribution >= 4 is 35.0 Å². The first-order valence-corrected chi connectivity index (χ1v) is 12.5. The number of imidazole rings is 1. The fourth-order valence-corrected chi connectivity index (χ4v) is 4.70. The molecule has 0 spiro atoms. The monoisotopic (exact) mass is 551 g/mol. The van der Waals surface area contributed by atoms with E-state index >= 15 is 0 Å². The Morgan fingerprint density at radius 3 is 2.50 bits per heavy atom. The maximum absolute atomic E-state index is 13.6. The second kappa shape index (κ2) is 10.7. The molecule has 1 N–H and O–H groups in total. The number of carbonyl (C=O) groups is 2. The Hall–Kier alpha value is -4.08. The number of nitrogens with one attached hydrogen (secondary N) is 1. The number of carbonyl (C=O) groups excluding carboxylic acids is 2. The molecule has 0 saturated carbocycles. The van der Waals surface area contributed by atoms with Gasteiger partial charge < -0.3 is 15.0 Å². The van der Waals surface area contributed by atoms with Crippen molar-refractivity contribution in [1.82, 2.24) is 24.3 Å². The maximum Gasteiger partial charge on any atom is 0.333 e. The van der Waals surface area contributed by atoms with Gasteiger partial charge in [0.1, 0.15) is 5.69 Å². The topological polar surface area (TPSA) is 98.5 Å². The normalized spacial score (nSPS) is 12.7. The van der Waals surface area contributed by atoms with Gasteiger partial charge in [0, 0.05) is 31.3 Å². The predicted octanol–water partition coefficient (Wildman–Crippen LogP) is 3.94. The molecule has 2 aromatic carbocycles. The number of pyridine rings is 1. The van der Waals surface area contributed by atoms with Crippen LogP contribution in [0.25, 0.3) is 5.69 Å². The molecule has 0 atom stereocenters. The van der Waals surface area contributed by atoms with Crippen molar-refractivity contribution in [2.75, 3.05) is 13.7 Å². The molecule has 9 nitrogen and oxygen atoms in total. The molecule has 1 aliphatic heterocycles. The quantitative estimate of drug-likeness (QED) is 0.391. The number of fused-ring (bicyclic) bond motifs is 1. The predicted molar refractivity (Wildman–Crippen MR) is 143 cm³/mol. The summed E-state index contributed by atoms with van der Waals surface area (Å²) in [6.07, 6.45) is 1.47. The van der Waals surface area contributed by atoms with Crippen molar-refractivity contribution in [1.29, 1.82) is 0 Å². The van der Waals surface area contributed by atoms with E-state index in [2.05, 4.69) is 10.3 Å². The number of methoxy groups -OCH3 is 1. The third-order valence-corrected chi connectivity index (χ3v) is 7.07. The Morgan fingerprint density at radius 1 is 1.03 bits per heavy atom. The highest BCUT2D eigenvalue weighted by molar-refractivity contribution is 6.42. The summed E-state index contributed by atoms with van der Waals surface area (Å²) in [5.41, 5.74) is 1.86. The summed E-state index contributed by atoms with van der Waals surface area (Å²) in [5.74, 6) is -0.352. The molecule has 11 heteroatoms. The molecule has 0 unspecified atom stereocenters. The lowest BCUT2D eigenvalue weighted by Gasteiger charge is -2.28. The number of hydrogen-bond acceptors (Lipinski definition) is 5. The van der Waals surface area contributed by atoms with Gasteiger partial charge in [0.05, 0.1) is 41.3 Å². The number of nitrogens with zero attached hydrogens (tertiary/aromatic N) is 4. The summed E-state index contributed by atoms with van der Waals surface area (Å²) in [4.78, 5) is 46.2. The maximum atomic E-state index is 13.6. The summed E-state index contributed by atoms with van der Waals surface area (Å²) < 4.78 is 7.99. The minimum Gasteiger partial charge on any atom is -0.481 e. The number of rotatable bonds is 6. The molecule has 194 valence electrons. The lowest BCUT2D eigenvalue weighted by molar-refractivity contribution is 0.0706. The number of hydrogen-bond donors (Lipinski definition) is 1. The zero-order valence-corrected chi connectivity index (χ0v) is 21.9. The van der Waals surface area contributed by atoms with E-state index < -0.39 is 11.6 Å². The largest absolute Gasteiger partial charge is 0.481 e. The van der Waals surface area contributed by atoms with Crippen LogP contribution in [0.3, 0.4) is 0 Å². The van der Waals surface area contributed by atoms with E-state index in [1.54, 1.807) is 29.2 Å². The van der Waals surface area contributed by atoms with Gasteiger partial charge in [-0.2, -0.15) is 0 Å². The summed E-state index contributed by atoms with van der Waals surface area (Å²) in [6.45, 7) is 0.822. The molecule has 1 aliphatic rings. The summed E-state index contributed by atoms with van der Waals surface area (Å²) in [6, 6.07) is 17.4. The number of amides is 2. The smallest absolute Gasteiger partial charge is 0.333 e. The fraction of sp³-hybridized carbons (Fsp3) is 0.185. The third-order valence-electron chi connectivity index (χ3n) is 6.33. The molecule has 4 aromatic rings. The second-order valence-electron chi connectivity index (χ2n) is 8.65. The third kappa shape index (κ3) is 4.90. The van der Waals surface area contributed by atoms with Gasteiger partial charge >= 0.3 is 5.69 Å². The van der Waals surface area contributed by atoms with Crippen LogP contribution in [-0.2, 0) is 19.6 Å². The van der Waals surface area contributed by atoms with E-state index in [0.29, 0.717) is 27.8 Å². The van der Waals surface area contributed by atoms with Crippen LogP contribution in [0.5, 0.6) is 5.88 Å². The summed E-state index contributed by atoms with van der Waals surface area (Å²) in [5, 5.41) is 3.52. The lowest BCUT2D eigenvalue weighted by Crippen LogP contribution is -2.41. The van der Waals surface area contributed by atoms with Crippen molar-refractivity contribution in [2.24, 2.45) is 0 Å². The Morgan fingerprint density at radius 2 is 1.82 bits per heavy atom. The van der Waals surface area contributed by atoms with Crippen LogP contribution in [0.4, 0.5) is 0 Å². The van der Waals surface area contributed by atoms with Gasteiger partial charge in [0.2, 0.25) is 5.88 Å². The van der Waals surface area contributed by atoms with E-state index in [0.717, 1.165) is 5.56 Å². The molecule has 2 aromatic heterocycles. The van der Waals surface area contributed by atoms with Crippen LogP contribution in [0.1, 0.15) is 32.1 Å². The van der Waals surface area contributed by atoms with Crippen LogP contribution in [0, 0.1) is 0 Å². The minimum absolute atomic E-state index is 0.0546. The van der Waals surface area contributed by atoms with E-state index in [9.17, 15) is 14.4 Å². The van der Waals surface area contributed by atoms with Crippen LogP contribution < -0.4 is 15.7 Å². The second-order valence-corrected chi connectivity index (χ2v) is 9.46. The number of ether oxygens (including phenoxy) is 1. The molecular weight excluding hydrogens is 529 g/mol. The zero-order valence-electron chi connectivity index (χ0n) is 20.4. The molecule has 38 heavy (non-hydrogen) atoms. The Kier molecular flexibility index (Phi) is 7.22. The first kappa shape index (κ1) is 25.6. The lowest BCUT2D eigenvalue weighted by atomic mass is 10.1. The zero-order chi connectivity index (χ0) is 26.8.